The van der Waals surface area contributed by atoms with E-state index in [1.165, 1.54) is 28.9 Å². The fourth-order valence-electron chi connectivity index (χ4n) is 2.45. The number of rotatable bonds is 6. The molecule has 1 heterocycles. The molecule has 2 aromatic rings. The summed E-state index contributed by atoms with van der Waals surface area (Å²) in [6.45, 7) is 2.34. The molecule has 3 rings (SSSR count). The van der Waals surface area contributed by atoms with Gasteiger partial charge in [-0.25, -0.2) is 9.07 Å². The summed E-state index contributed by atoms with van der Waals surface area (Å²) >= 11 is 6.29. The van der Waals surface area contributed by atoms with Crippen LogP contribution in [0.2, 0.25) is 5.15 Å². The Labute approximate surface area is 149 Å². The van der Waals surface area contributed by atoms with Crippen molar-refractivity contribution in [1.82, 2.24) is 20.4 Å². The number of aryl methyl sites for hydroxylation is 1. The van der Waals surface area contributed by atoms with E-state index in [-0.39, 0.29) is 34.3 Å². The van der Waals surface area contributed by atoms with Crippen LogP contribution in [0.1, 0.15) is 28.9 Å². The van der Waals surface area contributed by atoms with E-state index < -0.39 is 0 Å². The van der Waals surface area contributed by atoms with Crippen molar-refractivity contribution in [3.05, 3.63) is 46.5 Å². The Kier molecular flexibility index (Phi) is 5.03. The number of hydrogen-bond donors (Lipinski definition) is 2. The van der Waals surface area contributed by atoms with Crippen LogP contribution < -0.4 is 10.6 Å². The van der Waals surface area contributed by atoms with Crippen molar-refractivity contribution < 1.29 is 14.0 Å². The standard InChI is InChI=1S/C17H18ClFN4O2/c1-10-14(17(25)21-9-8-20-16(24)11-2-3-11)15(18)23(22-10)13-6-4-12(19)5-7-13/h4-7,11H,2-3,8-9H2,1H3,(H,20,24)(H,21,25). The second-order valence-corrected chi connectivity index (χ2v) is 6.32. The van der Waals surface area contributed by atoms with Crippen LogP contribution in [-0.2, 0) is 4.79 Å². The first-order chi connectivity index (χ1) is 12.0. The fourth-order valence-corrected chi connectivity index (χ4v) is 2.81. The van der Waals surface area contributed by atoms with Crippen molar-refractivity contribution >= 4 is 23.4 Å². The van der Waals surface area contributed by atoms with Crippen LogP contribution in [0.4, 0.5) is 4.39 Å². The predicted octanol–water partition coefficient (Wildman–Crippen LogP) is 2.23. The zero-order chi connectivity index (χ0) is 18.0. The fraction of sp³-hybridized carbons (Fsp3) is 0.353. The summed E-state index contributed by atoms with van der Waals surface area (Å²) in [7, 11) is 0. The molecule has 132 valence electrons. The molecule has 1 aromatic carbocycles. The zero-order valence-electron chi connectivity index (χ0n) is 13.7. The Hall–Kier alpha value is -2.41. The van der Waals surface area contributed by atoms with E-state index in [2.05, 4.69) is 15.7 Å². The topological polar surface area (TPSA) is 76.0 Å². The number of nitrogens with one attached hydrogen (secondary N) is 2. The molecule has 2 N–H and O–H groups in total. The average Bonchev–Trinajstić information content (AvgIpc) is 3.38. The molecule has 0 unspecified atom stereocenters. The molecule has 0 aliphatic heterocycles. The van der Waals surface area contributed by atoms with E-state index in [1.807, 2.05) is 0 Å². The van der Waals surface area contributed by atoms with Crippen LogP contribution >= 0.6 is 11.6 Å². The molecule has 0 atom stereocenters. The number of hydrogen-bond acceptors (Lipinski definition) is 3. The molecule has 2 amide bonds. The minimum absolute atomic E-state index is 0.0348. The first-order valence-corrected chi connectivity index (χ1v) is 8.42. The Morgan fingerprint density at radius 2 is 1.88 bits per heavy atom. The lowest BCUT2D eigenvalue weighted by Crippen LogP contribution is -2.35. The van der Waals surface area contributed by atoms with Gasteiger partial charge in [0.05, 0.1) is 16.9 Å². The van der Waals surface area contributed by atoms with E-state index in [0.717, 1.165) is 12.8 Å². The maximum absolute atomic E-state index is 13.0. The number of nitrogens with zero attached hydrogens (tertiary/aromatic N) is 2. The van der Waals surface area contributed by atoms with Crippen molar-refractivity contribution in [2.45, 2.75) is 19.8 Å². The lowest BCUT2D eigenvalue weighted by Gasteiger charge is -2.07. The minimum Gasteiger partial charge on any atom is -0.354 e. The van der Waals surface area contributed by atoms with Gasteiger partial charge in [0.1, 0.15) is 11.0 Å². The zero-order valence-corrected chi connectivity index (χ0v) is 14.4. The number of carbonyl (C=O) groups is 2. The van der Waals surface area contributed by atoms with Gasteiger partial charge in [-0.15, -0.1) is 0 Å². The molecule has 1 saturated carbocycles. The number of amides is 2. The summed E-state index contributed by atoms with van der Waals surface area (Å²) in [4.78, 5) is 23.9. The Balaban J connectivity index is 1.64. The summed E-state index contributed by atoms with van der Waals surface area (Å²) in [6, 6.07) is 5.65. The summed E-state index contributed by atoms with van der Waals surface area (Å²) in [5.41, 5.74) is 1.29. The highest BCUT2D eigenvalue weighted by Gasteiger charge is 2.29. The van der Waals surface area contributed by atoms with Gasteiger partial charge in [0, 0.05) is 19.0 Å². The molecule has 0 saturated heterocycles. The number of halogens is 2. The quantitative estimate of drug-likeness (QED) is 0.772. The van der Waals surface area contributed by atoms with Gasteiger partial charge in [0.15, 0.2) is 0 Å². The predicted molar refractivity (Wildman–Crippen MR) is 91.3 cm³/mol. The first-order valence-electron chi connectivity index (χ1n) is 8.04. The molecule has 1 aliphatic rings. The van der Waals surface area contributed by atoms with E-state index in [9.17, 15) is 14.0 Å². The van der Waals surface area contributed by atoms with Crippen molar-refractivity contribution in [3.8, 4) is 5.69 Å². The Bertz CT molecular complexity index is 800. The summed E-state index contributed by atoms with van der Waals surface area (Å²) in [5, 5.41) is 9.90. The molecular weight excluding hydrogens is 347 g/mol. The van der Waals surface area contributed by atoms with Gasteiger partial charge < -0.3 is 10.6 Å². The van der Waals surface area contributed by atoms with Crippen LogP contribution in [0.3, 0.4) is 0 Å². The smallest absolute Gasteiger partial charge is 0.256 e. The van der Waals surface area contributed by atoms with Gasteiger partial charge in [-0.05, 0) is 44.0 Å². The van der Waals surface area contributed by atoms with Crippen molar-refractivity contribution in [1.29, 1.82) is 0 Å². The Morgan fingerprint density at radius 1 is 1.24 bits per heavy atom. The van der Waals surface area contributed by atoms with Crippen LogP contribution in [0.15, 0.2) is 24.3 Å². The lowest BCUT2D eigenvalue weighted by atomic mass is 10.2. The SMILES string of the molecule is Cc1nn(-c2ccc(F)cc2)c(Cl)c1C(=O)NCCNC(=O)C1CC1. The summed E-state index contributed by atoms with van der Waals surface area (Å²) in [5.74, 6) is -0.555. The van der Waals surface area contributed by atoms with Gasteiger partial charge in [0.2, 0.25) is 5.91 Å². The molecule has 0 spiro atoms. The maximum Gasteiger partial charge on any atom is 0.256 e. The largest absolute Gasteiger partial charge is 0.354 e. The highest BCUT2D eigenvalue weighted by molar-refractivity contribution is 6.33. The highest BCUT2D eigenvalue weighted by atomic mass is 35.5. The van der Waals surface area contributed by atoms with Gasteiger partial charge >= 0.3 is 0 Å². The molecule has 6 nitrogen and oxygen atoms in total. The number of carbonyl (C=O) groups excluding carboxylic acids is 2. The van der Waals surface area contributed by atoms with Crippen molar-refractivity contribution in [2.24, 2.45) is 5.92 Å². The van der Waals surface area contributed by atoms with Crippen molar-refractivity contribution in [3.63, 3.8) is 0 Å². The van der Waals surface area contributed by atoms with Crippen molar-refractivity contribution in [2.75, 3.05) is 13.1 Å². The summed E-state index contributed by atoms with van der Waals surface area (Å²) < 4.78 is 14.4. The second-order valence-electron chi connectivity index (χ2n) is 5.96. The third-order valence-electron chi connectivity index (χ3n) is 3.96. The molecule has 0 bridgehead atoms. The van der Waals surface area contributed by atoms with E-state index >= 15 is 0 Å². The second kappa shape index (κ2) is 7.23. The number of aromatic nitrogens is 2. The average molecular weight is 365 g/mol. The maximum atomic E-state index is 13.0. The molecule has 8 heteroatoms. The molecule has 1 aliphatic carbocycles. The van der Waals surface area contributed by atoms with E-state index in [1.54, 1.807) is 6.92 Å². The lowest BCUT2D eigenvalue weighted by molar-refractivity contribution is -0.122. The number of benzene rings is 1. The monoisotopic (exact) mass is 364 g/mol. The van der Waals surface area contributed by atoms with Gasteiger partial charge in [0.25, 0.3) is 5.91 Å². The molecular formula is C17H18ClFN4O2. The van der Waals surface area contributed by atoms with Crippen LogP contribution in [0.25, 0.3) is 5.69 Å². The molecule has 1 aromatic heterocycles. The van der Waals surface area contributed by atoms with Gasteiger partial charge in [-0.2, -0.15) is 5.10 Å². The summed E-state index contributed by atoms with van der Waals surface area (Å²) in [6.07, 6.45) is 1.88. The Morgan fingerprint density at radius 3 is 2.52 bits per heavy atom. The third kappa shape index (κ3) is 3.99. The van der Waals surface area contributed by atoms with E-state index in [0.29, 0.717) is 24.5 Å². The van der Waals surface area contributed by atoms with Crippen LogP contribution in [0.5, 0.6) is 0 Å². The minimum atomic E-state index is -0.366. The first kappa shape index (κ1) is 17.4. The van der Waals surface area contributed by atoms with Gasteiger partial charge in [-0.1, -0.05) is 11.6 Å². The normalized spacial score (nSPS) is 13.6. The third-order valence-corrected chi connectivity index (χ3v) is 4.31. The van der Waals surface area contributed by atoms with Gasteiger partial charge in [-0.3, -0.25) is 9.59 Å². The molecule has 25 heavy (non-hydrogen) atoms. The molecule has 1 fully saturated rings. The van der Waals surface area contributed by atoms with Crippen LogP contribution in [0, 0.1) is 18.7 Å². The molecule has 0 radical (unpaired) electrons. The van der Waals surface area contributed by atoms with E-state index in [4.69, 9.17) is 11.6 Å². The van der Waals surface area contributed by atoms with Crippen LogP contribution in [-0.4, -0.2) is 34.7 Å². The highest BCUT2D eigenvalue weighted by Crippen LogP contribution is 2.28.